The van der Waals surface area contributed by atoms with Crippen LogP contribution in [0.4, 0.5) is 0 Å². The molecular formula is C15H22O3S. The van der Waals surface area contributed by atoms with E-state index in [-0.39, 0.29) is 24.1 Å². The van der Waals surface area contributed by atoms with E-state index in [1.54, 1.807) is 0 Å². The van der Waals surface area contributed by atoms with Gasteiger partial charge >= 0.3 is 5.97 Å². The standard InChI is InChI=1S/C15H22O3S/c1-4-6-11(7-5-2)15(17)13-9-8-12(19-13)10-14(16)18-3/h8-9,11H,4-7,10H2,1-3H3. The number of ether oxygens (including phenoxy) is 1. The van der Waals surface area contributed by atoms with Crippen LogP contribution in [-0.2, 0) is 16.0 Å². The van der Waals surface area contributed by atoms with E-state index in [1.165, 1.54) is 18.4 Å². The van der Waals surface area contributed by atoms with E-state index in [4.69, 9.17) is 0 Å². The van der Waals surface area contributed by atoms with Gasteiger partial charge in [0.05, 0.1) is 18.4 Å². The first kappa shape index (κ1) is 15.9. The quantitative estimate of drug-likeness (QED) is 0.537. The first-order valence-electron chi connectivity index (χ1n) is 6.82. The number of carbonyl (C=O) groups excluding carboxylic acids is 2. The molecule has 1 heterocycles. The molecule has 0 aliphatic rings. The minimum absolute atomic E-state index is 0.125. The Morgan fingerprint density at radius 3 is 2.37 bits per heavy atom. The first-order valence-corrected chi connectivity index (χ1v) is 7.63. The second-order valence-corrected chi connectivity index (χ2v) is 5.83. The molecule has 0 radical (unpaired) electrons. The molecule has 106 valence electrons. The summed E-state index contributed by atoms with van der Waals surface area (Å²) in [7, 11) is 1.38. The summed E-state index contributed by atoms with van der Waals surface area (Å²) >= 11 is 1.41. The van der Waals surface area contributed by atoms with Crippen LogP contribution in [0.3, 0.4) is 0 Å². The van der Waals surface area contributed by atoms with E-state index in [1.807, 2.05) is 12.1 Å². The molecule has 0 saturated heterocycles. The monoisotopic (exact) mass is 282 g/mol. The van der Waals surface area contributed by atoms with Crippen LogP contribution in [0.2, 0.25) is 0 Å². The zero-order valence-electron chi connectivity index (χ0n) is 11.9. The van der Waals surface area contributed by atoms with Gasteiger partial charge in [0.25, 0.3) is 0 Å². The van der Waals surface area contributed by atoms with Crippen LogP contribution in [0.5, 0.6) is 0 Å². The summed E-state index contributed by atoms with van der Waals surface area (Å²) in [5.74, 6) is 0.0870. The Kier molecular flexibility index (Phi) is 6.78. The third-order valence-electron chi connectivity index (χ3n) is 3.10. The largest absolute Gasteiger partial charge is 0.469 e. The van der Waals surface area contributed by atoms with Gasteiger partial charge in [-0.05, 0) is 25.0 Å². The number of carbonyl (C=O) groups is 2. The molecule has 0 aliphatic heterocycles. The van der Waals surface area contributed by atoms with Gasteiger partial charge in [0.15, 0.2) is 5.78 Å². The number of thiophene rings is 1. The van der Waals surface area contributed by atoms with Crippen LogP contribution in [0, 0.1) is 5.92 Å². The summed E-state index contributed by atoms with van der Waals surface area (Å²) in [6.07, 6.45) is 4.18. The molecule has 0 amide bonds. The van der Waals surface area contributed by atoms with Crippen molar-refractivity contribution in [2.75, 3.05) is 7.11 Å². The van der Waals surface area contributed by atoms with Gasteiger partial charge in [-0.2, -0.15) is 0 Å². The zero-order valence-corrected chi connectivity index (χ0v) is 12.7. The molecule has 1 aromatic rings. The maximum absolute atomic E-state index is 12.4. The van der Waals surface area contributed by atoms with Crippen LogP contribution in [0.15, 0.2) is 12.1 Å². The number of hydrogen-bond donors (Lipinski definition) is 0. The van der Waals surface area contributed by atoms with E-state index < -0.39 is 0 Å². The molecule has 3 nitrogen and oxygen atoms in total. The van der Waals surface area contributed by atoms with Crippen molar-refractivity contribution < 1.29 is 14.3 Å². The molecule has 0 unspecified atom stereocenters. The summed E-state index contributed by atoms with van der Waals surface area (Å²) in [5, 5.41) is 0. The van der Waals surface area contributed by atoms with E-state index in [2.05, 4.69) is 18.6 Å². The Hall–Kier alpha value is -1.16. The van der Waals surface area contributed by atoms with Crippen LogP contribution in [0.25, 0.3) is 0 Å². The van der Waals surface area contributed by atoms with Crippen molar-refractivity contribution in [1.29, 1.82) is 0 Å². The lowest BCUT2D eigenvalue weighted by atomic mass is 9.93. The molecule has 1 rings (SSSR count). The second-order valence-electron chi connectivity index (χ2n) is 4.66. The van der Waals surface area contributed by atoms with Crippen molar-refractivity contribution >= 4 is 23.1 Å². The molecule has 0 fully saturated rings. The lowest BCUT2D eigenvalue weighted by molar-refractivity contribution is -0.139. The lowest BCUT2D eigenvalue weighted by Crippen LogP contribution is -2.13. The Labute approximate surface area is 119 Å². The zero-order chi connectivity index (χ0) is 14.3. The number of rotatable bonds is 8. The van der Waals surface area contributed by atoms with Crippen molar-refractivity contribution in [2.45, 2.75) is 46.0 Å². The summed E-state index contributed by atoms with van der Waals surface area (Å²) in [5.41, 5.74) is 0. The van der Waals surface area contributed by atoms with E-state index in [9.17, 15) is 9.59 Å². The van der Waals surface area contributed by atoms with E-state index >= 15 is 0 Å². The first-order chi connectivity index (χ1) is 9.12. The molecule has 0 atom stereocenters. The highest BCUT2D eigenvalue weighted by Gasteiger charge is 2.20. The molecule has 0 saturated carbocycles. The van der Waals surface area contributed by atoms with Gasteiger partial charge in [-0.3, -0.25) is 9.59 Å². The van der Waals surface area contributed by atoms with Crippen LogP contribution < -0.4 is 0 Å². The van der Waals surface area contributed by atoms with Gasteiger partial charge in [-0.25, -0.2) is 0 Å². The molecule has 0 aliphatic carbocycles. The fraction of sp³-hybridized carbons (Fsp3) is 0.600. The Morgan fingerprint density at radius 2 is 1.84 bits per heavy atom. The van der Waals surface area contributed by atoms with Crippen LogP contribution in [-0.4, -0.2) is 18.9 Å². The number of Topliss-reactive ketones (excluding diaryl/α,β-unsaturated/α-hetero) is 1. The van der Waals surface area contributed by atoms with E-state index in [0.29, 0.717) is 0 Å². The fourth-order valence-electron chi connectivity index (χ4n) is 2.12. The highest BCUT2D eigenvalue weighted by Crippen LogP contribution is 2.25. The Balaban J connectivity index is 2.73. The maximum atomic E-state index is 12.4. The third-order valence-corrected chi connectivity index (χ3v) is 4.20. The molecule has 0 N–H and O–H groups in total. The highest BCUT2D eigenvalue weighted by molar-refractivity contribution is 7.14. The van der Waals surface area contributed by atoms with Crippen molar-refractivity contribution in [1.82, 2.24) is 0 Å². The van der Waals surface area contributed by atoms with Crippen LogP contribution in [0.1, 0.15) is 54.1 Å². The average Bonchev–Trinajstić information content (AvgIpc) is 2.86. The van der Waals surface area contributed by atoms with Crippen molar-refractivity contribution in [2.24, 2.45) is 5.92 Å². The van der Waals surface area contributed by atoms with Gasteiger partial charge in [-0.1, -0.05) is 26.7 Å². The lowest BCUT2D eigenvalue weighted by Gasteiger charge is -2.12. The molecule has 0 spiro atoms. The van der Waals surface area contributed by atoms with E-state index in [0.717, 1.165) is 35.4 Å². The number of ketones is 1. The SMILES string of the molecule is CCCC(CCC)C(=O)c1ccc(CC(=O)OC)s1. The average molecular weight is 282 g/mol. The summed E-state index contributed by atoms with van der Waals surface area (Å²) in [6.45, 7) is 4.21. The summed E-state index contributed by atoms with van der Waals surface area (Å²) in [4.78, 5) is 25.2. The number of hydrogen-bond acceptors (Lipinski definition) is 4. The second kappa shape index (κ2) is 8.10. The normalized spacial score (nSPS) is 10.7. The molecule has 19 heavy (non-hydrogen) atoms. The predicted octanol–water partition coefficient (Wildman–Crippen LogP) is 3.86. The summed E-state index contributed by atoms with van der Waals surface area (Å²) in [6, 6.07) is 3.69. The number of esters is 1. The van der Waals surface area contributed by atoms with Gasteiger partial charge in [0.2, 0.25) is 0 Å². The Bertz CT molecular complexity index is 417. The molecule has 0 aromatic carbocycles. The minimum Gasteiger partial charge on any atom is -0.469 e. The molecular weight excluding hydrogens is 260 g/mol. The molecule has 0 bridgehead atoms. The fourth-order valence-corrected chi connectivity index (χ4v) is 3.14. The van der Waals surface area contributed by atoms with Crippen LogP contribution >= 0.6 is 11.3 Å². The predicted molar refractivity (Wildman–Crippen MR) is 77.7 cm³/mol. The maximum Gasteiger partial charge on any atom is 0.310 e. The van der Waals surface area contributed by atoms with Crippen molar-refractivity contribution in [3.8, 4) is 0 Å². The smallest absolute Gasteiger partial charge is 0.310 e. The van der Waals surface area contributed by atoms with Gasteiger partial charge in [-0.15, -0.1) is 11.3 Å². The van der Waals surface area contributed by atoms with Gasteiger partial charge in [0.1, 0.15) is 0 Å². The van der Waals surface area contributed by atoms with Crippen molar-refractivity contribution in [3.63, 3.8) is 0 Å². The highest BCUT2D eigenvalue weighted by atomic mass is 32.1. The number of methoxy groups -OCH3 is 1. The summed E-state index contributed by atoms with van der Waals surface area (Å²) < 4.78 is 4.63. The topological polar surface area (TPSA) is 43.4 Å². The Morgan fingerprint density at radius 1 is 1.21 bits per heavy atom. The van der Waals surface area contributed by atoms with Gasteiger partial charge < -0.3 is 4.74 Å². The minimum atomic E-state index is -0.264. The van der Waals surface area contributed by atoms with Crippen molar-refractivity contribution in [3.05, 3.63) is 21.9 Å². The molecule has 4 heteroatoms. The van der Waals surface area contributed by atoms with Gasteiger partial charge in [0, 0.05) is 10.8 Å². The third kappa shape index (κ3) is 4.78. The molecule has 1 aromatic heterocycles.